The molecule has 1 unspecified atom stereocenters. The van der Waals surface area contributed by atoms with Gasteiger partial charge in [-0.3, -0.25) is 10.1 Å². The van der Waals surface area contributed by atoms with E-state index in [1.165, 1.54) is 13.0 Å². The third kappa shape index (κ3) is 8.78. The van der Waals surface area contributed by atoms with Crippen molar-refractivity contribution in [3.63, 3.8) is 0 Å². The third-order valence-corrected chi connectivity index (χ3v) is 1.93. The van der Waals surface area contributed by atoms with Gasteiger partial charge in [0.1, 0.15) is 0 Å². The van der Waals surface area contributed by atoms with Crippen molar-refractivity contribution in [2.45, 2.75) is 26.4 Å². The first-order valence-electron chi connectivity index (χ1n) is 5.98. The lowest BCUT2D eigenvalue weighted by molar-refractivity contribution is -0.158. The summed E-state index contributed by atoms with van der Waals surface area (Å²) in [6.07, 6.45) is 1.46. The summed E-state index contributed by atoms with van der Waals surface area (Å²) in [6, 6.07) is -0.612. The molecule has 0 saturated heterocycles. The Morgan fingerprint density at radius 1 is 1.37 bits per heavy atom. The van der Waals surface area contributed by atoms with E-state index < -0.39 is 30.6 Å². The number of nitrogens with one attached hydrogen (secondary N) is 2. The van der Waals surface area contributed by atoms with E-state index >= 15 is 0 Å². The van der Waals surface area contributed by atoms with E-state index in [0.717, 1.165) is 6.42 Å². The molecule has 7 nitrogen and oxygen atoms in total. The van der Waals surface area contributed by atoms with Gasteiger partial charge < -0.3 is 14.8 Å². The molecule has 0 aliphatic rings. The van der Waals surface area contributed by atoms with Crippen molar-refractivity contribution < 1.29 is 23.9 Å². The molecular weight excluding hydrogens is 252 g/mol. The summed E-state index contributed by atoms with van der Waals surface area (Å²) in [7, 11) is 0. The highest BCUT2D eigenvalue weighted by Crippen LogP contribution is 1.94. The Balaban J connectivity index is 3.86. The molecule has 108 valence electrons. The molecule has 0 aliphatic heterocycles. The Kier molecular flexibility index (Phi) is 9.07. The fourth-order valence-corrected chi connectivity index (χ4v) is 0.980. The largest absolute Gasteiger partial charge is 0.454 e. The minimum absolute atomic E-state index is 0.210. The summed E-state index contributed by atoms with van der Waals surface area (Å²) in [5.74, 6) is -1.37. The van der Waals surface area contributed by atoms with E-state index in [0.29, 0.717) is 6.54 Å². The monoisotopic (exact) mass is 272 g/mol. The smallest absolute Gasteiger partial charge is 0.335 e. The molecule has 0 bridgehead atoms. The van der Waals surface area contributed by atoms with Crippen LogP contribution in [0.2, 0.25) is 0 Å². The second-order valence-corrected chi connectivity index (χ2v) is 3.68. The van der Waals surface area contributed by atoms with Crippen molar-refractivity contribution in [3.8, 4) is 0 Å². The lowest BCUT2D eigenvalue weighted by Gasteiger charge is -2.11. The Labute approximate surface area is 112 Å². The molecule has 0 spiro atoms. The summed E-state index contributed by atoms with van der Waals surface area (Å²) >= 11 is 0. The second kappa shape index (κ2) is 10.1. The van der Waals surface area contributed by atoms with Gasteiger partial charge in [-0.2, -0.15) is 0 Å². The number of esters is 1. The summed E-state index contributed by atoms with van der Waals surface area (Å²) in [5.41, 5.74) is 0. The van der Waals surface area contributed by atoms with Gasteiger partial charge in [-0.05, 0) is 13.3 Å². The van der Waals surface area contributed by atoms with Gasteiger partial charge in [0.05, 0.1) is 6.61 Å². The Hall–Kier alpha value is -1.89. The predicted molar refractivity (Wildman–Crippen MR) is 68.4 cm³/mol. The molecular formula is C12H20N2O5. The molecule has 0 fully saturated rings. The van der Waals surface area contributed by atoms with Crippen molar-refractivity contribution in [1.29, 1.82) is 0 Å². The first-order chi connectivity index (χ1) is 9.01. The van der Waals surface area contributed by atoms with Crippen molar-refractivity contribution in [1.82, 2.24) is 10.6 Å². The fraction of sp³-hybridized carbons (Fsp3) is 0.583. The molecule has 0 radical (unpaired) electrons. The molecule has 7 heteroatoms. The molecule has 0 heterocycles. The Morgan fingerprint density at radius 2 is 2.05 bits per heavy atom. The quantitative estimate of drug-likeness (QED) is 0.491. The number of urea groups is 1. The van der Waals surface area contributed by atoms with Gasteiger partial charge in [0, 0.05) is 6.54 Å². The zero-order valence-electron chi connectivity index (χ0n) is 11.2. The molecule has 0 aromatic carbocycles. The van der Waals surface area contributed by atoms with Gasteiger partial charge in [0.25, 0.3) is 5.91 Å². The molecule has 19 heavy (non-hydrogen) atoms. The fourth-order valence-electron chi connectivity index (χ4n) is 0.980. The molecule has 0 aliphatic carbocycles. The number of carbonyl (C=O) groups excluding carboxylic acids is 3. The van der Waals surface area contributed by atoms with Crippen molar-refractivity contribution in [2.24, 2.45) is 0 Å². The summed E-state index contributed by atoms with van der Waals surface area (Å²) in [5, 5.41) is 4.48. The van der Waals surface area contributed by atoms with Crippen LogP contribution >= 0.6 is 0 Å². The first-order valence-corrected chi connectivity index (χ1v) is 5.98. The summed E-state index contributed by atoms with van der Waals surface area (Å²) in [4.78, 5) is 33.7. The van der Waals surface area contributed by atoms with Crippen LogP contribution in [0.5, 0.6) is 0 Å². The topological polar surface area (TPSA) is 93.7 Å². The van der Waals surface area contributed by atoms with Gasteiger partial charge in [-0.25, -0.2) is 9.59 Å². The second-order valence-electron chi connectivity index (χ2n) is 3.68. The van der Waals surface area contributed by atoms with Crippen LogP contribution in [-0.4, -0.2) is 43.8 Å². The van der Waals surface area contributed by atoms with Crippen LogP contribution in [0.15, 0.2) is 12.7 Å². The molecule has 0 aromatic heterocycles. The van der Waals surface area contributed by atoms with E-state index in [9.17, 15) is 14.4 Å². The average Bonchev–Trinajstić information content (AvgIpc) is 2.39. The van der Waals surface area contributed by atoms with Gasteiger partial charge in [-0.1, -0.05) is 13.0 Å². The molecule has 0 rings (SSSR count). The average molecular weight is 272 g/mol. The highest BCUT2D eigenvalue weighted by Gasteiger charge is 2.16. The van der Waals surface area contributed by atoms with E-state index in [1.807, 2.05) is 12.2 Å². The molecule has 0 saturated carbocycles. The number of carbonyl (C=O) groups is 3. The number of rotatable bonds is 8. The standard InChI is InChI=1S/C12H20N2O5/c1-4-6-13-12(17)14-10(15)8-19-11(16)9(3)18-7-5-2/h5,9H,2,4,6-8H2,1,3H3,(H2,13,14,15,17). The van der Waals surface area contributed by atoms with Crippen LogP contribution in [0.4, 0.5) is 4.79 Å². The maximum Gasteiger partial charge on any atom is 0.335 e. The lowest BCUT2D eigenvalue weighted by Crippen LogP contribution is -2.42. The van der Waals surface area contributed by atoms with Crippen molar-refractivity contribution >= 4 is 17.9 Å². The third-order valence-electron chi connectivity index (χ3n) is 1.93. The molecule has 1 atom stereocenters. The molecule has 2 N–H and O–H groups in total. The summed E-state index contributed by atoms with van der Waals surface area (Å²) in [6.45, 7) is 6.97. The predicted octanol–water partition coefficient (Wildman–Crippen LogP) is 0.356. The number of amides is 3. The number of ether oxygens (including phenoxy) is 2. The number of hydrogen-bond donors (Lipinski definition) is 2. The van der Waals surface area contributed by atoms with E-state index in [1.54, 1.807) is 0 Å². The van der Waals surface area contributed by atoms with Crippen LogP contribution in [0.25, 0.3) is 0 Å². The minimum atomic E-state index is -0.792. The van der Waals surface area contributed by atoms with Crippen molar-refractivity contribution in [3.05, 3.63) is 12.7 Å². The zero-order valence-corrected chi connectivity index (χ0v) is 11.2. The first kappa shape index (κ1) is 17.1. The number of hydrogen-bond acceptors (Lipinski definition) is 5. The highest BCUT2D eigenvalue weighted by atomic mass is 16.6. The molecule has 3 amide bonds. The van der Waals surface area contributed by atoms with Crippen LogP contribution in [0.3, 0.4) is 0 Å². The SMILES string of the molecule is C=CCOC(C)C(=O)OCC(=O)NC(=O)NCCC. The number of imide groups is 1. The van der Waals surface area contributed by atoms with Crippen LogP contribution in [0.1, 0.15) is 20.3 Å². The van der Waals surface area contributed by atoms with E-state index in [-0.39, 0.29) is 6.61 Å². The van der Waals surface area contributed by atoms with Crippen LogP contribution in [-0.2, 0) is 19.1 Å². The normalized spacial score (nSPS) is 11.3. The minimum Gasteiger partial charge on any atom is -0.454 e. The van der Waals surface area contributed by atoms with E-state index in [2.05, 4.69) is 16.6 Å². The Bertz CT molecular complexity index is 330. The van der Waals surface area contributed by atoms with Gasteiger partial charge >= 0.3 is 12.0 Å². The van der Waals surface area contributed by atoms with Gasteiger partial charge in [0.2, 0.25) is 0 Å². The Morgan fingerprint density at radius 3 is 2.63 bits per heavy atom. The van der Waals surface area contributed by atoms with Gasteiger partial charge in [0.15, 0.2) is 12.7 Å². The maximum atomic E-state index is 11.3. The van der Waals surface area contributed by atoms with Crippen molar-refractivity contribution in [2.75, 3.05) is 19.8 Å². The molecule has 0 aromatic rings. The van der Waals surface area contributed by atoms with E-state index in [4.69, 9.17) is 4.74 Å². The van der Waals surface area contributed by atoms with Crippen LogP contribution < -0.4 is 10.6 Å². The lowest BCUT2D eigenvalue weighted by atomic mass is 10.4. The summed E-state index contributed by atoms with van der Waals surface area (Å²) < 4.78 is 9.69. The van der Waals surface area contributed by atoms with Gasteiger partial charge in [-0.15, -0.1) is 6.58 Å². The maximum absolute atomic E-state index is 11.3. The highest BCUT2D eigenvalue weighted by molar-refractivity contribution is 5.95. The zero-order chi connectivity index (χ0) is 14.7. The van der Waals surface area contributed by atoms with Crippen LogP contribution in [0, 0.1) is 0 Å².